The van der Waals surface area contributed by atoms with E-state index in [-0.39, 0.29) is 0 Å². The van der Waals surface area contributed by atoms with Gasteiger partial charge in [0, 0.05) is 46.8 Å². The van der Waals surface area contributed by atoms with Crippen molar-refractivity contribution in [2.24, 2.45) is 0 Å². The molecule has 148 valence electrons. The van der Waals surface area contributed by atoms with Crippen LogP contribution in [0.1, 0.15) is 48.5 Å². The van der Waals surface area contributed by atoms with Gasteiger partial charge in [-0.25, -0.2) is 9.97 Å². The van der Waals surface area contributed by atoms with Gasteiger partial charge in [-0.3, -0.25) is 9.67 Å². The number of allylic oxidation sites excluding steroid dienone is 1. The Labute approximate surface area is 170 Å². The SMILES string of the molecule is CCc1cc(C2=CCc3ncc(-c4cnn(C5CCNCC5)c4)cc32)nc(N)n1. The number of nitrogens with zero attached hydrogens (tertiary/aromatic N) is 5. The maximum absolute atomic E-state index is 5.94. The first-order valence-corrected chi connectivity index (χ1v) is 10.3. The Balaban J connectivity index is 1.47. The zero-order chi connectivity index (χ0) is 19.8. The summed E-state index contributed by atoms with van der Waals surface area (Å²) >= 11 is 0. The zero-order valence-corrected chi connectivity index (χ0v) is 16.6. The van der Waals surface area contributed by atoms with Gasteiger partial charge in [0.2, 0.25) is 5.95 Å². The first kappa shape index (κ1) is 18.0. The second-order valence-corrected chi connectivity index (χ2v) is 7.69. The van der Waals surface area contributed by atoms with Gasteiger partial charge in [-0.2, -0.15) is 5.10 Å². The maximum atomic E-state index is 5.94. The lowest BCUT2D eigenvalue weighted by atomic mass is 10.0. The standard InChI is InChI=1S/C22H25N7/c1-2-16-10-21(28-22(23)27-16)18-3-4-20-19(18)9-14(11-25-20)15-12-26-29(13-15)17-5-7-24-8-6-17/h3,9-13,17,24H,2,4-8H2,1H3,(H2,23,27,28). The van der Waals surface area contributed by atoms with Crippen molar-refractivity contribution in [3.63, 3.8) is 0 Å². The van der Waals surface area contributed by atoms with Gasteiger partial charge >= 0.3 is 0 Å². The van der Waals surface area contributed by atoms with Crippen molar-refractivity contribution in [3.05, 3.63) is 59.4 Å². The normalized spacial score (nSPS) is 16.7. The Bertz CT molecular complexity index is 1080. The molecule has 0 amide bonds. The molecule has 1 aliphatic heterocycles. The van der Waals surface area contributed by atoms with Crippen molar-refractivity contribution in [1.29, 1.82) is 0 Å². The predicted octanol–water partition coefficient (Wildman–Crippen LogP) is 2.79. The molecule has 7 nitrogen and oxygen atoms in total. The molecule has 7 heteroatoms. The zero-order valence-electron chi connectivity index (χ0n) is 16.6. The molecule has 4 heterocycles. The number of hydrogen-bond acceptors (Lipinski definition) is 6. The molecular weight excluding hydrogens is 362 g/mol. The summed E-state index contributed by atoms with van der Waals surface area (Å²) < 4.78 is 2.11. The molecule has 0 unspecified atom stereocenters. The largest absolute Gasteiger partial charge is 0.368 e. The highest BCUT2D eigenvalue weighted by Crippen LogP contribution is 2.34. The maximum Gasteiger partial charge on any atom is 0.220 e. The summed E-state index contributed by atoms with van der Waals surface area (Å²) in [6.45, 7) is 4.18. The van der Waals surface area contributed by atoms with E-state index in [0.717, 1.165) is 78.1 Å². The number of hydrogen-bond donors (Lipinski definition) is 2. The van der Waals surface area contributed by atoms with Crippen molar-refractivity contribution in [2.45, 2.75) is 38.6 Å². The summed E-state index contributed by atoms with van der Waals surface area (Å²) in [6.07, 6.45) is 12.1. The Morgan fingerprint density at radius 1 is 1.14 bits per heavy atom. The summed E-state index contributed by atoms with van der Waals surface area (Å²) in [5, 5.41) is 8.04. The van der Waals surface area contributed by atoms with Crippen LogP contribution in [-0.4, -0.2) is 37.8 Å². The highest BCUT2D eigenvalue weighted by molar-refractivity contribution is 5.84. The third kappa shape index (κ3) is 3.42. The minimum absolute atomic E-state index is 0.320. The van der Waals surface area contributed by atoms with E-state index in [1.54, 1.807) is 0 Å². The third-order valence-corrected chi connectivity index (χ3v) is 5.81. The summed E-state index contributed by atoms with van der Waals surface area (Å²) in [4.78, 5) is 13.5. The second-order valence-electron chi connectivity index (χ2n) is 7.69. The number of nitrogens with two attached hydrogens (primary N) is 1. The lowest BCUT2D eigenvalue weighted by Gasteiger charge is -2.22. The number of aryl methyl sites for hydroxylation is 1. The lowest BCUT2D eigenvalue weighted by Crippen LogP contribution is -2.29. The van der Waals surface area contributed by atoms with Crippen LogP contribution in [0.25, 0.3) is 16.7 Å². The van der Waals surface area contributed by atoms with E-state index in [1.807, 2.05) is 18.5 Å². The van der Waals surface area contributed by atoms with Gasteiger partial charge in [0.25, 0.3) is 0 Å². The van der Waals surface area contributed by atoms with Gasteiger partial charge in [0.15, 0.2) is 0 Å². The van der Waals surface area contributed by atoms with E-state index in [2.05, 4.69) is 50.3 Å². The van der Waals surface area contributed by atoms with E-state index in [9.17, 15) is 0 Å². The van der Waals surface area contributed by atoms with E-state index < -0.39 is 0 Å². The van der Waals surface area contributed by atoms with Gasteiger partial charge in [-0.1, -0.05) is 13.0 Å². The average Bonchev–Trinajstić information content (AvgIpc) is 3.41. The molecule has 0 atom stereocenters. The lowest BCUT2D eigenvalue weighted by molar-refractivity contribution is 0.343. The number of anilines is 1. The molecule has 1 aliphatic carbocycles. The fraction of sp³-hybridized carbons (Fsp3) is 0.364. The van der Waals surface area contributed by atoms with E-state index in [0.29, 0.717) is 12.0 Å². The average molecular weight is 387 g/mol. The monoisotopic (exact) mass is 387 g/mol. The third-order valence-electron chi connectivity index (χ3n) is 5.81. The highest BCUT2D eigenvalue weighted by Gasteiger charge is 2.21. The first-order chi connectivity index (χ1) is 14.2. The molecule has 3 aromatic rings. The number of piperidine rings is 1. The molecule has 29 heavy (non-hydrogen) atoms. The minimum atomic E-state index is 0.320. The van der Waals surface area contributed by atoms with Gasteiger partial charge in [0.1, 0.15) is 0 Å². The van der Waals surface area contributed by atoms with E-state index in [1.165, 1.54) is 0 Å². The van der Waals surface area contributed by atoms with Crippen molar-refractivity contribution < 1.29 is 0 Å². The van der Waals surface area contributed by atoms with Gasteiger partial charge in [-0.15, -0.1) is 0 Å². The Kier molecular flexibility index (Phi) is 4.60. The van der Waals surface area contributed by atoms with Gasteiger partial charge in [0.05, 0.1) is 23.6 Å². The molecule has 3 N–H and O–H groups in total. The number of fused-ring (bicyclic) bond motifs is 1. The summed E-state index contributed by atoms with van der Waals surface area (Å²) in [5.74, 6) is 0.320. The molecule has 0 bridgehead atoms. The molecular formula is C22H25N7. The highest BCUT2D eigenvalue weighted by atomic mass is 15.3. The minimum Gasteiger partial charge on any atom is -0.368 e. The number of rotatable bonds is 4. The predicted molar refractivity (Wildman–Crippen MR) is 113 cm³/mol. The summed E-state index contributed by atoms with van der Waals surface area (Å²) in [6, 6.07) is 4.70. The van der Waals surface area contributed by atoms with Crippen LogP contribution in [0.15, 0.2) is 36.8 Å². The van der Waals surface area contributed by atoms with Crippen LogP contribution in [0.2, 0.25) is 0 Å². The van der Waals surface area contributed by atoms with Crippen LogP contribution < -0.4 is 11.1 Å². The molecule has 1 saturated heterocycles. The molecule has 0 aromatic carbocycles. The molecule has 0 radical (unpaired) electrons. The molecule has 0 saturated carbocycles. The van der Waals surface area contributed by atoms with Crippen LogP contribution in [0.5, 0.6) is 0 Å². The Morgan fingerprint density at radius 2 is 2.00 bits per heavy atom. The van der Waals surface area contributed by atoms with Crippen LogP contribution >= 0.6 is 0 Å². The Hall–Kier alpha value is -3.06. The second kappa shape index (κ2) is 7.40. The quantitative estimate of drug-likeness (QED) is 0.715. The number of nitrogen functional groups attached to an aromatic ring is 1. The van der Waals surface area contributed by atoms with Crippen molar-refractivity contribution >= 4 is 11.5 Å². The smallest absolute Gasteiger partial charge is 0.220 e. The van der Waals surface area contributed by atoms with Crippen molar-refractivity contribution in [2.75, 3.05) is 18.8 Å². The molecule has 1 fully saturated rings. The van der Waals surface area contributed by atoms with Crippen LogP contribution in [0.4, 0.5) is 5.95 Å². The van der Waals surface area contributed by atoms with E-state index >= 15 is 0 Å². The van der Waals surface area contributed by atoms with Crippen LogP contribution in [0.3, 0.4) is 0 Å². The van der Waals surface area contributed by atoms with Gasteiger partial charge < -0.3 is 11.1 Å². The molecule has 0 spiro atoms. The number of nitrogens with one attached hydrogen (secondary N) is 1. The summed E-state index contributed by atoms with van der Waals surface area (Å²) in [7, 11) is 0. The summed E-state index contributed by atoms with van der Waals surface area (Å²) in [5.41, 5.74) is 13.2. The molecule has 3 aromatic heterocycles. The number of pyridine rings is 1. The molecule has 2 aliphatic rings. The van der Waals surface area contributed by atoms with Crippen LogP contribution in [0, 0.1) is 0 Å². The first-order valence-electron chi connectivity index (χ1n) is 10.3. The fourth-order valence-electron chi connectivity index (χ4n) is 4.19. The topological polar surface area (TPSA) is 94.5 Å². The van der Waals surface area contributed by atoms with Crippen molar-refractivity contribution in [3.8, 4) is 11.1 Å². The Morgan fingerprint density at radius 3 is 2.83 bits per heavy atom. The van der Waals surface area contributed by atoms with Crippen molar-refractivity contribution in [1.82, 2.24) is 30.0 Å². The number of aromatic nitrogens is 5. The van der Waals surface area contributed by atoms with Gasteiger partial charge in [-0.05, 0) is 44.5 Å². The van der Waals surface area contributed by atoms with Crippen LogP contribution in [-0.2, 0) is 12.8 Å². The van der Waals surface area contributed by atoms with E-state index in [4.69, 9.17) is 10.7 Å². The fourth-order valence-corrected chi connectivity index (χ4v) is 4.19. The molecule has 5 rings (SSSR count).